The number of rotatable bonds is 7. The molecule has 6 heteroatoms. The first-order valence-corrected chi connectivity index (χ1v) is 6.73. The van der Waals surface area contributed by atoms with Crippen LogP contribution in [0.1, 0.15) is 25.7 Å². The molecule has 18 heavy (non-hydrogen) atoms. The van der Waals surface area contributed by atoms with E-state index in [9.17, 15) is 22.0 Å². The number of unbranched alkanes of at least 4 members (excludes halogenated alkanes) is 2. The first-order chi connectivity index (χ1) is 8.54. The van der Waals surface area contributed by atoms with Gasteiger partial charge in [-0.05, 0) is 18.9 Å². The quantitative estimate of drug-likeness (QED) is 0.304. The van der Waals surface area contributed by atoms with Gasteiger partial charge in [0, 0.05) is 11.4 Å². The van der Waals surface area contributed by atoms with E-state index in [2.05, 4.69) is 0 Å². The first kappa shape index (κ1) is 15.4. The molecular weight excluding hydrogens is 270 g/mol. The molecule has 0 N–H and O–H groups in total. The number of alkyl halides is 2. The maximum absolute atomic E-state index is 13.5. The summed E-state index contributed by atoms with van der Waals surface area (Å²) in [6.07, 6.45) is 1.56. The van der Waals surface area contributed by atoms with E-state index in [0.717, 1.165) is 6.07 Å². The van der Waals surface area contributed by atoms with Gasteiger partial charge in [-0.2, -0.15) is 0 Å². The molecule has 0 aliphatic carbocycles. The topological polar surface area (TPSA) is 0 Å². The van der Waals surface area contributed by atoms with Gasteiger partial charge in [0.1, 0.15) is 11.7 Å². The summed E-state index contributed by atoms with van der Waals surface area (Å²) in [6.45, 7) is -0.441. The molecule has 102 valence electrons. The van der Waals surface area contributed by atoms with Gasteiger partial charge in [0.15, 0.2) is 11.6 Å². The third-order valence-electron chi connectivity index (χ3n) is 2.40. The van der Waals surface area contributed by atoms with Crippen molar-refractivity contribution in [1.82, 2.24) is 0 Å². The molecule has 0 saturated carbocycles. The van der Waals surface area contributed by atoms with Crippen LogP contribution in [0.3, 0.4) is 0 Å². The molecule has 2 atom stereocenters. The summed E-state index contributed by atoms with van der Waals surface area (Å²) in [4.78, 5) is 0. The molecule has 0 aliphatic rings. The largest absolute Gasteiger partial charge is 0.251 e. The summed E-state index contributed by atoms with van der Waals surface area (Å²) < 4.78 is 64.2. The SMILES string of the molecule is FCCCCCC(F)Pc1cc(F)cc(F)c1F. The zero-order valence-electron chi connectivity index (χ0n) is 9.66. The molecule has 0 spiro atoms. The van der Waals surface area contributed by atoms with Crippen molar-refractivity contribution in [3.63, 3.8) is 0 Å². The Morgan fingerprint density at radius 3 is 2.44 bits per heavy atom. The molecule has 0 bridgehead atoms. The summed E-state index contributed by atoms with van der Waals surface area (Å²) in [6, 6.07) is 1.24. The van der Waals surface area contributed by atoms with Gasteiger partial charge < -0.3 is 0 Å². The molecule has 0 amide bonds. The second-order valence-corrected chi connectivity index (χ2v) is 5.35. The van der Waals surface area contributed by atoms with Crippen molar-refractivity contribution in [2.24, 2.45) is 0 Å². The molecular formula is C12H14F5P. The number of hydrogen-bond acceptors (Lipinski definition) is 0. The van der Waals surface area contributed by atoms with Gasteiger partial charge in [-0.25, -0.2) is 17.6 Å². The van der Waals surface area contributed by atoms with Crippen LogP contribution in [-0.4, -0.2) is 12.6 Å². The third kappa shape index (κ3) is 4.89. The van der Waals surface area contributed by atoms with Crippen LogP contribution in [0.4, 0.5) is 22.0 Å². The maximum Gasteiger partial charge on any atom is 0.166 e. The van der Waals surface area contributed by atoms with Gasteiger partial charge in [0.2, 0.25) is 0 Å². The number of hydrogen-bond donors (Lipinski definition) is 0. The molecule has 1 rings (SSSR count). The van der Waals surface area contributed by atoms with E-state index in [0.29, 0.717) is 25.3 Å². The van der Waals surface area contributed by atoms with Gasteiger partial charge in [-0.15, -0.1) is 0 Å². The van der Waals surface area contributed by atoms with Crippen LogP contribution in [-0.2, 0) is 0 Å². The number of halogens is 5. The molecule has 0 aliphatic heterocycles. The molecule has 0 radical (unpaired) electrons. The van der Waals surface area contributed by atoms with Crippen molar-refractivity contribution in [2.45, 2.75) is 31.6 Å². The standard InChI is InChI=1S/C12H14F5P/c13-5-3-1-2-4-11(16)18-10-7-8(14)6-9(15)12(10)17/h6-7,11,18H,1-5H2. The zero-order chi connectivity index (χ0) is 13.5. The van der Waals surface area contributed by atoms with Crippen LogP contribution in [0.5, 0.6) is 0 Å². The van der Waals surface area contributed by atoms with Crippen molar-refractivity contribution in [3.8, 4) is 0 Å². The Morgan fingerprint density at radius 1 is 1.06 bits per heavy atom. The van der Waals surface area contributed by atoms with Crippen LogP contribution in [0.15, 0.2) is 12.1 Å². The minimum absolute atomic E-state index is 0.149. The highest BCUT2D eigenvalue weighted by atomic mass is 31.1. The van der Waals surface area contributed by atoms with E-state index in [1.165, 1.54) is 0 Å². The molecule has 0 nitrogen and oxygen atoms in total. The van der Waals surface area contributed by atoms with Gasteiger partial charge in [-0.1, -0.05) is 21.4 Å². The maximum atomic E-state index is 13.5. The fourth-order valence-corrected chi connectivity index (χ4v) is 2.65. The lowest BCUT2D eigenvalue weighted by Gasteiger charge is -2.09. The highest BCUT2D eigenvalue weighted by Crippen LogP contribution is 2.27. The molecule has 0 aromatic heterocycles. The molecule has 0 heterocycles. The Balaban J connectivity index is 2.51. The van der Waals surface area contributed by atoms with Crippen molar-refractivity contribution >= 4 is 13.9 Å². The smallest absolute Gasteiger partial charge is 0.166 e. The van der Waals surface area contributed by atoms with E-state index >= 15 is 0 Å². The fourth-order valence-electron chi connectivity index (χ4n) is 1.50. The Bertz CT molecular complexity index is 383. The lowest BCUT2D eigenvalue weighted by Crippen LogP contribution is -2.10. The predicted octanol–water partition coefficient (Wildman–Crippen LogP) is 4.23. The highest BCUT2D eigenvalue weighted by molar-refractivity contribution is 7.47. The molecule has 0 fully saturated rings. The third-order valence-corrected chi connectivity index (χ3v) is 3.67. The van der Waals surface area contributed by atoms with Crippen molar-refractivity contribution < 1.29 is 22.0 Å². The second kappa shape index (κ2) is 7.67. The second-order valence-electron chi connectivity index (χ2n) is 3.90. The summed E-state index contributed by atoms with van der Waals surface area (Å²) in [5, 5.41) is -0.273. The van der Waals surface area contributed by atoms with Crippen LogP contribution in [0.2, 0.25) is 0 Å². The van der Waals surface area contributed by atoms with Crippen LogP contribution >= 0.6 is 8.58 Å². The fraction of sp³-hybridized carbons (Fsp3) is 0.500. The Labute approximate surface area is 104 Å². The van der Waals surface area contributed by atoms with Crippen LogP contribution in [0.25, 0.3) is 0 Å². The molecule has 0 saturated heterocycles. The number of benzene rings is 1. The Kier molecular flexibility index (Phi) is 6.55. The van der Waals surface area contributed by atoms with Crippen molar-refractivity contribution in [1.29, 1.82) is 0 Å². The highest BCUT2D eigenvalue weighted by Gasteiger charge is 2.15. The predicted molar refractivity (Wildman–Crippen MR) is 63.6 cm³/mol. The van der Waals surface area contributed by atoms with Gasteiger partial charge in [0.25, 0.3) is 0 Å². The van der Waals surface area contributed by atoms with Gasteiger partial charge >= 0.3 is 0 Å². The Hall–Kier alpha value is -0.700. The summed E-state index contributed by atoms with van der Waals surface area (Å²) >= 11 is 0. The summed E-state index contributed by atoms with van der Waals surface area (Å²) in [5.74, 6) is -4.76. The average molecular weight is 284 g/mol. The molecule has 2 unspecified atom stereocenters. The van der Waals surface area contributed by atoms with Crippen LogP contribution in [0, 0.1) is 17.5 Å². The lowest BCUT2D eigenvalue weighted by atomic mass is 10.2. The monoisotopic (exact) mass is 284 g/mol. The molecule has 1 aromatic rings. The van der Waals surface area contributed by atoms with E-state index in [4.69, 9.17) is 0 Å². The van der Waals surface area contributed by atoms with E-state index < -0.39 is 38.6 Å². The van der Waals surface area contributed by atoms with Gasteiger partial charge in [-0.3, -0.25) is 4.39 Å². The Morgan fingerprint density at radius 2 is 1.78 bits per heavy atom. The minimum atomic E-state index is -1.35. The van der Waals surface area contributed by atoms with E-state index in [-0.39, 0.29) is 11.7 Å². The van der Waals surface area contributed by atoms with Crippen molar-refractivity contribution in [2.75, 3.05) is 6.67 Å². The first-order valence-electron chi connectivity index (χ1n) is 5.65. The summed E-state index contributed by atoms with van der Waals surface area (Å²) in [5.41, 5.74) is 0. The van der Waals surface area contributed by atoms with Crippen molar-refractivity contribution in [3.05, 3.63) is 29.6 Å². The average Bonchev–Trinajstić information content (AvgIpc) is 2.31. The minimum Gasteiger partial charge on any atom is -0.251 e. The molecule has 1 aromatic carbocycles. The zero-order valence-corrected chi connectivity index (χ0v) is 10.7. The van der Waals surface area contributed by atoms with Crippen LogP contribution < -0.4 is 5.30 Å². The summed E-state index contributed by atoms with van der Waals surface area (Å²) in [7, 11) is -0.634. The van der Waals surface area contributed by atoms with Gasteiger partial charge in [0.05, 0.1) is 6.67 Å². The lowest BCUT2D eigenvalue weighted by molar-refractivity contribution is 0.397. The normalized spacial score (nSPS) is 13.4. The van der Waals surface area contributed by atoms with E-state index in [1.807, 2.05) is 0 Å². The van der Waals surface area contributed by atoms with E-state index in [1.54, 1.807) is 0 Å².